The maximum Gasteiger partial charge on any atom is 0.248 e. The van der Waals surface area contributed by atoms with E-state index in [1.165, 1.54) is 19.3 Å². The molecule has 0 unspecified atom stereocenters. The molecular formula is C11H23ClO2. The SMILES string of the molecule is CCCCCCC(Cl)(OCC)OCC. The van der Waals surface area contributed by atoms with Crippen molar-refractivity contribution in [2.75, 3.05) is 13.2 Å². The number of rotatable bonds is 9. The van der Waals surface area contributed by atoms with Crippen LogP contribution in [0.5, 0.6) is 0 Å². The number of hydrogen-bond donors (Lipinski definition) is 0. The van der Waals surface area contributed by atoms with E-state index in [1.54, 1.807) is 0 Å². The summed E-state index contributed by atoms with van der Waals surface area (Å²) in [6.07, 6.45) is 5.53. The Morgan fingerprint density at radius 1 is 0.929 bits per heavy atom. The van der Waals surface area contributed by atoms with Crippen molar-refractivity contribution in [3.8, 4) is 0 Å². The molecule has 0 fully saturated rings. The lowest BCUT2D eigenvalue weighted by Gasteiger charge is -2.26. The molecule has 0 amide bonds. The fourth-order valence-electron chi connectivity index (χ4n) is 1.38. The third-order valence-corrected chi connectivity index (χ3v) is 2.46. The van der Waals surface area contributed by atoms with Crippen molar-refractivity contribution in [2.24, 2.45) is 0 Å². The van der Waals surface area contributed by atoms with Crippen LogP contribution in [0.4, 0.5) is 0 Å². The normalized spacial score (nSPS) is 12.0. The Morgan fingerprint density at radius 2 is 1.50 bits per heavy atom. The zero-order valence-electron chi connectivity index (χ0n) is 9.64. The monoisotopic (exact) mass is 222 g/mol. The maximum absolute atomic E-state index is 6.17. The van der Waals surface area contributed by atoms with E-state index in [0.29, 0.717) is 13.2 Å². The highest BCUT2D eigenvalue weighted by Crippen LogP contribution is 2.26. The summed E-state index contributed by atoms with van der Waals surface area (Å²) in [5, 5.41) is -0.878. The van der Waals surface area contributed by atoms with Gasteiger partial charge in [-0.1, -0.05) is 37.8 Å². The van der Waals surface area contributed by atoms with Crippen molar-refractivity contribution in [3.05, 3.63) is 0 Å². The predicted octanol–water partition coefficient (Wildman–Crippen LogP) is 3.92. The standard InChI is InChI=1S/C11H23ClO2/c1-4-7-8-9-10-11(12,13-5-2)14-6-3/h4-10H2,1-3H3. The summed E-state index contributed by atoms with van der Waals surface area (Å²) < 4.78 is 10.8. The van der Waals surface area contributed by atoms with Crippen LogP contribution in [0, 0.1) is 0 Å². The van der Waals surface area contributed by atoms with Crippen LogP contribution >= 0.6 is 11.6 Å². The Morgan fingerprint density at radius 3 is 1.93 bits per heavy atom. The average molecular weight is 223 g/mol. The minimum absolute atomic E-state index is 0.595. The Kier molecular flexibility index (Phi) is 8.64. The van der Waals surface area contributed by atoms with Gasteiger partial charge in [0, 0.05) is 19.6 Å². The number of hydrogen-bond acceptors (Lipinski definition) is 2. The molecule has 0 aliphatic rings. The molecule has 0 rings (SSSR count). The first-order chi connectivity index (χ1) is 6.68. The van der Waals surface area contributed by atoms with Crippen molar-refractivity contribution in [1.82, 2.24) is 0 Å². The molecule has 14 heavy (non-hydrogen) atoms. The van der Waals surface area contributed by atoms with Gasteiger partial charge in [-0.25, -0.2) is 0 Å². The minimum Gasteiger partial charge on any atom is -0.338 e. The third-order valence-electron chi connectivity index (χ3n) is 2.05. The molecule has 0 aliphatic carbocycles. The second kappa shape index (κ2) is 8.51. The first-order valence-corrected chi connectivity index (χ1v) is 6.03. The van der Waals surface area contributed by atoms with E-state index in [1.807, 2.05) is 13.8 Å². The highest BCUT2D eigenvalue weighted by atomic mass is 35.5. The van der Waals surface area contributed by atoms with E-state index in [0.717, 1.165) is 12.8 Å². The van der Waals surface area contributed by atoms with Crippen molar-refractivity contribution in [2.45, 2.75) is 58.1 Å². The smallest absolute Gasteiger partial charge is 0.248 e. The number of halogens is 1. The van der Waals surface area contributed by atoms with E-state index >= 15 is 0 Å². The molecule has 0 aromatic carbocycles. The number of unbranched alkanes of at least 4 members (excludes halogenated alkanes) is 3. The fourth-order valence-corrected chi connectivity index (χ4v) is 1.73. The second-order valence-corrected chi connectivity index (χ2v) is 3.91. The zero-order chi connectivity index (χ0) is 10.9. The van der Waals surface area contributed by atoms with Crippen LogP contribution in [-0.2, 0) is 9.47 Å². The summed E-state index contributed by atoms with van der Waals surface area (Å²) in [5.74, 6) is 0. The topological polar surface area (TPSA) is 18.5 Å². The lowest BCUT2D eigenvalue weighted by atomic mass is 10.1. The van der Waals surface area contributed by atoms with Gasteiger partial charge >= 0.3 is 0 Å². The summed E-state index contributed by atoms with van der Waals surface area (Å²) in [6.45, 7) is 7.25. The first-order valence-electron chi connectivity index (χ1n) is 5.65. The summed E-state index contributed by atoms with van der Waals surface area (Å²) in [6, 6.07) is 0. The van der Waals surface area contributed by atoms with E-state index < -0.39 is 5.25 Å². The molecule has 0 atom stereocenters. The van der Waals surface area contributed by atoms with Gasteiger partial charge in [-0.3, -0.25) is 0 Å². The predicted molar refractivity (Wildman–Crippen MR) is 60.6 cm³/mol. The van der Waals surface area contributed by atoms with E-state index in [9.17, 15) is 0 Å². The van der Waals surface area contributed by atoms with Gasteiger partial charge in [0.2, 0.25) is 5.25 Å². The molecule has 0 saturated heterocycles. The van der Waals surface area contributed by atoms with Gasteiger partial charge in [-0.15, -0.1) is 0 Å². The Balaban J connectivity index is 3.71. The fraction of sp³-hybridized carbons (Fsp3) is 1.00. The zero-order valence-corrected chi connectivity index (χ0v) is 10.4. The van der Waals surface area contributed by atoms with Gasteiger partial charge in [-0.2, -0.15) is 0 Å². The Hall–Kier alpha value is 0.210. The Labute approximate surface area is 92.9 Å². The van der Waals surface area contributed by atoms with Crippen LogP contribution in [0.2, 0.25) is 0 Å². The lowest BCUT2D eigenvalue weighted by Crippen LogP contribution is -2.29. The average Bonchev–Trinajstić information content (AvgIpc) is 2.13. The van der Waals surface area contributed by atoms with Crippen LogP contribution in [0.25, 0.3) is 0 Å². The molecule has 0 aromatic heterocycles. The third kappa shape index (κ3) is 6.63. The maximum atomic E-state index is 6.17. The van der Waals surface area contributed by atoms with Crippen molar-refractivity contribution in [3.63, 3.8) is 0 Å². The van der Waals surface area contributed by atoms with Gasteiger partial charge in [0.1, 0.15) is 0 Å². The van der Waals surface area contributed by atoms with Crippen molar-refractivity contribution < 1.29 is 9.47 Å². The summed E-state index contributed by atoms with van der Waals surface area (Å²) >= 11 is 6.17. The number of ether oxygens (including phenoxy) is 2. The molecule has 0 aliphatic heterocycles. The van der Waals surface area contributed by atoms with Gasteiger partial charge in [0.25, 0.3) is 0 Å². The highest BCUT2D eigenvalue weighted by molar-refractivity contribution is 6.21. The summed E-state index contributed by atoms with van der Waals surface area (Å²) in [7, 11) is 0. The quantitative estimate of drug-likeness (QED) is 0.335. The molecule has 2 nitrogen and oxygen atoms in total. The molecule has 86 valence electrons. The second-order valence-electron chi connectivity index (χ2n) is 3.34. The lowest BCUT2D eigenvalue weighted by molar-refractivity contribution is -0.176. The highest BCUT2D eigenvalue weighted by Gasteiger charge is 2.27. The van der Waals surface area contributed by atoms with Crippen LogP contribution in [0.1, 0.15) is 52.9 Å². The van der Waals surface area contributed by atoms with Gasteiger partial charge in [-0.05, 0) is 20.3 Å². The molecule has 0 spiro atoms. The first kappa shape index (κ1) is 14.2. The van der Waals surface area contributed by atoms with Gasteiger partial charge in [0.05, 0.1) is 0 Å². The van der Waals surface area contributed by atoms with Crippen LogP contribution in [0.15, 0.2) is 0 Å². The van der Waals surface area contributed by atoms with E-state index in [2.05, 4.69) is 6.92 Å². The molecule has 3 heteroatoms. The van der Waals surface area contributed by atoms with Crippen LogP contribution < -0.4 is 0 Å². The van der Waals surface area contributed by atoms with Gasteiger partial charge in [0.15, 0.2) is 0 Å². The largest absolute Gasteiger partial charge is 0.338 e. The van der Waals surface area contributed by atoms with Crippen LogP contribution in [0.3, 0.4) is 0 Å². The molecule has 0 heterocycles. The van der Waals surface area contributed by atoms with E-state index in [4.69, 9.17) is 21.1 Å². The molecule has 0 radical (unpaired) electrons. The van der Waals surface area contributed by atoms with E-state index in [-0.39, 0.29) is 0 Å². The molecule has 0 saturated carbocycles. The van der Waals surface area contributed by atoms with Gasteiger partial charge < -0.3 is 9.47 Å². The summed E-state index contributed by atoms with van der Waals surface area (Å²) in [4.78, 5) is 0. The molecule has 0 aromatic rings. The molecule has 0 N–H and O–H groups in total. The van der Waals surface area contributed by atoms with Crippen molar-refractivity contribution in [1.29, 1.82) is 0 Å². The van der Waals surface area contributed by atoms with Crippen molar-refractivity contribution >= 4 is 11.6 Å². The number of alkyl halides is 1. The minimum atomic E-state index is -0.878. The molecule has 0 bridgehead atoms. The molecular weight excluding hydrogens is 200 g/mol. The van der Waals surface area contributed by atoms with Crippen LogP contribution in [-0.4, -0.2) is 18.5 Å². The summed E-state index contributed by atoms with van der Waals surface area (Å²) in [5.41, 5.74) is 0. The Bertz CT molecular complexity index is 122.